The van der Waals surface area contributed by atoms with Crippen LogP contribution in [0.15, 0.2) is 59.1 Å². The summed E-state index contributed by atoms with van der Waals surface area (Å²) >= 11 is 0. The van der Waals surface area contributed by atoms with Crippen LogP contribution in [0.3, 0.4) is 0 Å². The number of nitrogens with one attached hydrogen (secondary N) is 1. The quantitative estimate of drug-likeness (QED) is 0.755. The van der Waals surface area contributed by atoms with E-state index in [1.807, 2.05) is 49.4 Å². The standard InChI is InChI=1S/C18H17N3O3/c1-13-7-9-14(10-8-13)18-20-16(21-24-18)11-19-17(22)12-23-15-5-3-2-4-6-15/h2-10H,11-12H2,1H3,(H,19,22). The van der Waals surface area contributed by atoms with Gasteiger partial charge in [-0.3, -0.25) is 4.79 Å². The maximum Gasteiger partial charge on any atom is 0.258 e. The largest absolute Gasteiger partial charge is 0.484 e. The number of rotatable bonds is 6. The Bertz CT molecular complexity index is 798. The van der Waals surface area contributed by atoms with E-state index < -0.39 is 0 Å². The Morgan fingerprint density at radius 3 is 2.62 bits per heavy atom. The lowest BCUT2D eigenvalue weighted by Crippen LogP contribution is -2.28. The van der Waals surface area contributed by atoms with Crippen LogP contribution >= 0.6 is 0 Å². The van der Waals surface area contributed by atoms with E-state index in [2.05, 4.69) is 15.5 Å². The molecule has 1 N–H and O–H groups in total. The molecule has 0 bridgehead atoms. The van der Waals surface area contributed by atoms with Crippen molar-refractivity contribution >= 4 is 5.91 Å². The molecule has 1 heterocycles. The Hall–Kier alpha value is -3.15. The second-order valence-corrected chi connectivity index (χ2v) is 5.26. The lowest BCUT2D eigenvalue weighted by molar-refractivity contribution is -0.123. The van der Waals surface area contributed by atoms with E-state index in [0.29, 0.717) is 17.5 Å². The number of aromatic nitrogens is 2. The van der Waals surface area contributed by atoms with Crippen molar-refractivity contribution in [1.82, 2.24) is 15.5 Å². The van der Waals surface area contributed by atoms with Crippen LogP contribution in [0, 0.1) is 6.92 Å². The van der Waals surface area contributed by atoms with E-state index in [9.17, 15) is 4.79 Å². The van der Waals surface area contributed by atoms with Crippen LogP contribution in [-0.4, -0.2) is 22.7 Å². The fourth-order valence-electron chi connectivity index (χ4n) is 2.03. The van der Waals surface area contributed by atoms with Gasteiger partial charge in [0, 0.05) is 5.56 Å². The second kappa shape index (κ2) is 7.41. The van der Waals surface area contributed by atoms with Gasteiger partial charge in [-0.05, 0) is 31.2 Å². The van der Waals surface area contributed by atoms with Crippen LogP contribution in [-0.2, 0) is 11.3 Å². The van der Waals surface area contributed by atoms with Gasteiger partial charge in [-0.2, -0.15) is 4.98 Å². The highest BCUT2D eigenvalue weighted by atomic mass is 16.5. The van der Waals surface area contributed by atoms with Gasteiger partial charge in [-0.15, -0.1) is 0 Å². The molecular weight excluding hydrogens is 306 g/mol. The molecule has 122 valence electrons. The molecule has 0 spiro atoms. The number of amides is 1. The normalized spacial score (nSPS) is 10.4. The maximum atomic E-state index is 11.8. The molecule has 0 aliphatic rings. The molecule has 0 saturated carbocycles. The molecule has 0 aliphatic carbocycles. The van der Waals surface area contributed by atoms with Crippen LogP contribution in [0.2, 0.25) is 0 Å². The third-order valence-corrected chi connectivity index (χ3v) is 3.32. The van der Waals surface area contributed by atoms with E-state index in [4.69, 9.17) is 9.26 Å². The number of nitrogens with zero attached hydrogens (tertiary/aromatic N) is 2. The van der Waals surface area contributed by atoms with E-state index in [1.54, 1.807) is 12.1 Å². The predicted molar refractivity (Wildman–Crippen MR) is 88.3 cm³/mol. The molecule has 3 rings (SSSR count). The molecule has 3 aromatic rings. The van der Waals surface area contributed by atoms with Gasteiger partial charge in [0.2, 0.25) is 0 Å². The van der Waals surface area contributed by atoms with Gasteiger partial charge >= 0.3 is 0 Å². The molecule has 2 aromatic carbocycles. The molecule has 6 heteroatoms. The summed E-state index contributed by atoms with van der Waals surface area (Å²) in [6, 6.07) is 16.9. The monoisotopic (exact) mass is 323 g/mol. The lowest BCUT2D eigenvalue weighted by atomic mass is 10.1. The average Bonchev–Trinajstić information content (AvgIpc) is 3.09. The summed E-state index contributed by atoms with van der Waals surface area (Å²) in [5.41, 5.74) is 2.00. The van der Waals surface area contributed by atoms with Crippen molar-refractivity contribution in [1.29, 1.82) is 0 Å². The van der Waals surface area contributed by atoms with Crippen molar-refractivity contribution in [2.75, 3.05) is 6.61 Å². The highest BCUT2D eigenvalue weighted by molar-refractivity contribution is 5.77. The number of para-hydroxylation sites is 1. The van der Waals surface area contributed by atoms with Gasteiger partial charge in [0.25, 0.3) is 11.8 Å². The number of benzene rings is 2. The highest BCUT2D eigenvalue weighted by Crippen LogP contribution is 2.17. The Balaban J connectivity index is 1.50. The Kier molecular flexibility index (Phi) is 4.86. The summed E-state index contributed by atoms with van der Waals surface area (Å²) < 4.78 is 10.6. The maximum absolute atomic E-state index is 11.8. The molecule has 1 amide bonds. The molecule has 6 nitrogen and oxygen atoms in total. The van der Waals surface area contributed by atoms with E-state index in [-0.39, 0.29) is 19.1 Å². The zero-order valence-corrected chi connectivity index (χ0v) is 13.2. The van der Waals surface area contributed by atoms with Crippen LogP contribution in [0.1, 0.15) is 11.4 Å². The fraction of sp³-hybridized carbons (Fsp3) is 0.167. The van der Waals surface area contributed by atoms with Crippen molar-refractivity contribution in [2.45, 2.75) is 13.5 Å². The summed E-state index contributed by atoms with van der Waals surface area (Å²) in [5.74, 6) is 1.24. The molecule has 0 saturated heterocycles. The topological polar surface area (TPSA) is 77.2 Å². The molecule has 0 radical (unpaired) electrons. The van der Waals surface area contributed by atoms with E-state index >= 15 is 0 Å². The first-order valence-electron chi connectivity index (χ1n) is 7.55. The lowest BCUT2D eigenvalue weighted by Gasteiger charge is -2.05. The predicted octanol–water partition coefficient (Wildman–Crippen LogP) is 2.74. The minimum Gasteiger partial charge on any atom is -0.484 e. The average molecular weight is 323 g/mol. The van der Waals surface area contributed by atoms with Gasteiger partial charge in [0.1, 0.15) is 5.75 Å². The van der Waals surface area contributed by atoms with E-state index in [0.717, 1.165) is 11.1 Å². The first-order valence-corrected chi connectivity index (χ1v) is 7.55. The molecule has 0 fully saturated rings. The zero-order chi connectivity index (χ0) is 16.8. The number of hydrogen-bond acceptors (Lipinski definition) is 5. The van der Waals surface area contributed by atoms with Crippen LogP contribution in [0.4, 0.5) is 0 Å². The summed E-state index contributed by atoms with van der Waals surface area (Å²) in [7, 11) is 0. The van der Waals surface area contributed by atoms with Gasteiger partial charge in [-0.1, -0.05) is 41.1 Å². The van der Waals surface area contributed by atoms with Crippen molar-refractivity contribution in [2.24, 2.45) is 0 Å². The van der Waals surface area contributed by atoms with Crippen molar-refractivity contribution in [3.63, 3.8) is 0 Å². The SMILES string of the molecule is Cc1ccc(-c2nc(CNC(=O)COc3ccccc3)no2)cc1. The molecule has 1 aromatic heterocycles. The van der Waals surface area contributed by atoms with Gasteiger partial charge in [-0.25, -0.2) is 0 Å². The van der Waals surface area contributed by atoms with Crippen LogP contribution in [0.5, 0.6) is 5.75 Å². The molecule has 0 aliphatic heterocycles. The molecule has 0 unspecified atom stereocenters. The van der Waals surface area contributed by atoms with Crippen molar-refractivity contribution in [3.05, 3.63) is 66.0 Å². The number of hydrogen-bond donors (Lipinski definition) is 1. The number of carbonyl (C=O) groups excluding carboxylic acids is 1. The Morgan fingerprint density at radius 2 is 1.88 bits per heavy atom. The molecule has 24 heavy (non-hydrogen) atoms. The van der Waals surface area contributed by atoms with Gasteiger partial charge in [0.15, 0.2) is 12.4 Å². The zero-order valence-electron chi connectivity index (χ0n) is 13.2. The molecular formula is C18H17N3O3. The van der Waals surface area contributed by atoms with Gasteiger partial charge in [0.05, 0.1) is 6.54 Å². The summed E-state index contributed by atoms with van der Waals surface area (Å²) in [6.45, 7) is 2.13. The van der Waals surface area contributed by atoms with Crippen molar-refractivity contribution in [3.8, 4) is 17.2 Å². The Morgan fingerprint density at radius 1 is 1.12 bits per heavy atom. The first kappa shape index (κ1) is 15.7. The van der Waals surface area contributed by atoms with Crippen LogP contribution in [0.25, 0.3) is 11.5 Å². The Labute approximate surface area is 139 Å². The third-order valence-electron chi connectivity index (χ3n) is 3.32. The highest BCUT2D eigenvalue weighted by Gasteiger charge is 2.10. The smallest absolute Gasteiger partial charge is 0.258 e. The van der Waals surface area contributed by atoms with Crippen molar-refractivity contribution < 1.29 is 14.1 Å². The summed E-state index contributed by atoms with van der Waals surface area (Å²) in [5, 5.41) is 6.56. The molecule has 0 atom stereocenters. The van der Waals surface area contributed by atoms with E-state index in [1.165, 1.54) is 0 Å². The minimum absolute atomic E-state index is 0.0628. The first-order chi connectivity index (χ1) is 11.7. The minimum atomic E-state index is -0.250. The number of aryl methyl sites for hydroxylation is 1. The third kappa shape index (κ3) is 4.19. The number of carbonyl (C=O) groups is 1. The summed E-state index contributed by atoms with van der Waals surface area (Å²) in [6.07, 6.45) is 0. The number of ether oxygens (including phenoxy) is 1. The second-order valence-electron chi connectivity index (χ2n) is 5.26. The summed E-state index contributed by atoms with van der Waals surface area (Å²) in [4.78, 5) is 16.0. The van der Waals surface area contributed by atoms with Gasteiger partial charge < -0.3 is 14.6 Å². The fourth-order valence-corrected chi connectivity index (χ4v) is 2.03. The van der Waals surface area contributed by atoms with Crippen LogP contribution < -0.4 is 10.1 Å².